The summed E-state index contributed by atoms with van der Waals surface area (Å²) in [4.78, 5) is 11.8. The molecule has 0 radical (unpaired) electrons. The Morgan fingerprint density at radius 1 is 1.39 bits per heavy atom. The van der Waals surface area contributed by atoms with Crippen molar-refractivity contribution in [2.45, 2.75) is 44.9 Å². The quantitative estimate of drug-likeness (QED) is 0.713. The SMILES string of the molecule is CCCC(N)C(O)C(=O)N[C@@H](C)c1ccccc1. The van der Waals surface area contributed by atoms with Gasteiger partial charge in [-0.15, -0.1) is 0 Å². The highest BCUT2D eigenvalue weighted by Crippen LogP contribution is 2.11. The highest BCUT2D eigenvalue weighted by atomic mass is 16.3. The van der Waals surface area contributed by atoms with Gasteiger partial charge in [-0.3, -0.25) is 4.79 Å². The third kappa shape index (κ3) is 4.13. The Labute approximate surface area is 108 Å². The molecule has 0 aromatic heterocycles. The second-order valence-corrected chi connectivity index (χ2v) is 4.54. The van der Waals surface area contributed by atoms with Gasteiger partial charge >= 0.3 is 0 Å². The summed E-state index contributed by atoms with van der Waals surface area (Å²) in [7, 11) is 0. The van der Waals surface area contributed by atoms with E-state index in [1.54, 1.807) is 0 Å². The second kappa shape index (κ2) is 7.13. The Morgan fingerprint density at radius 2 is 2.00 bits per heavy atom. The summed E-state index contributed by atoms with van der Waals surface area (Å²) >= 11 is 0. The van der Waals surface area contributed by atoms with Gasteiger partial charge in [0.2, 0.25) is 0 Å². The van der Waals surface area contributed by atoms with Crippen molar-refractivity contribution < 1.29 is 9.90 Å². The van der Waals surface area contributed by atoms with Crippen LogP contribution in [-0.2, 0) is 4.79 Å². The standard InChI is InChI=1S/C14H22N2O2/c1-3-7-12(15)13(17)14(18)16-10(2)11-8-5-4-6-9-11/h4-6,8-10,12-13,17H,3,7,15H2,1-2H3,(H,16,18)/t10-,12?,13?/m0/s1. The molecular weight excluding hydrogens is 228 g/mol. The zero-order chi connectivity index (χ0) is 13.5. The molecule has 0 aliphatic carbocycles. The van der Waals surface area contributed by atoms with Gasteiger partial charge in [-0.25, -0.2) is 0 Å². The van der Waals surface area contributed by atoms with Crippen molar-refractivity contribution in [2.24, 2.45) is 5.73 Å². The van der Waals surface area contributed by atoms with E-state index < -0.39 is 18.1 Å². The number of carbonyl (C=O) groups excluding carboxylic acids is 1. The van der Waals surface area contributed by atoms with E-state index in [4.69, 9.17) is 5.73 Å². The van der Waals surface area contributed by atoms with Gasteiger partial charge in [-0.2, -0.15) is 0 Å². The molecule has 1 aromatic carbocycles. The van der Waals surface area contributed by atoms with Gasteiger partial charge in [0.25, 0.3) is 5.91 Å². The molecule has 1 rings (SSSR count). The van der Waals surface area contributed by atoms with Crippen molar-refractivity contribution in [1.82, 2.24) is 5.32 Å². The van der Waals surface area contributed by atoms with E-state index >= 15 is 0 Å². The topological polar surface area (TPSA) is 75.3 Å². The maximum absolute atomic E-state index is 11.8. The predicted molar refractivity (Wildman–Crippen MR) is 71.9 cm³/mol. The maximum atomic E-state index is 11.8. The van der Waals surface area contributed by atoms with E-state index in [0.717, 1.165) is 12.0 Å². The van der Waals surface area contributed by atoms with Crippen LogP contribution in [0.15, 0.2) is 30.3 Å². The summed E-state index contributed by atoms with van der Waals surface area (Å²) in [5.74, 6) is -0.410. The molecule has 0 saturated heterocycles. The predicted octanol–water partition coefficient (Wildman–Crippen LogP) is 1.35. The van der Waals surface area contributed by atoms with E-state index in [-0.39, 0.29) is 6.04 Å². The molecule has 0 spiro atoms. The average molecular weight is 250 g/mol. The van der Waals surface area contributed by atoms with Crippen LogP contribution in [0.25, 0.3) is 0 Å². The van der Waals surface area contributed by atoms with Crippen LogP contribution >= 0.6 is 0 Å². The Kier molecular flexibility index (Phi) is 5.82. The van der Waals surface area contributed by atoms with E-state index in [9.17, 15) is 9.90 Å². The molecular formula is C14H22N2O2. The summed E-state index contributed by atoms with van der Waals surface area (Å²) in [6, 6.07) is 8.98. The van der Waals surface area contributed by atoms with Crippen molar-refractivity contribution in [3.8, 4) is 0 Å². The second-order valence-electron chi connectivity index (χ2n) is 4.54. The summed E-state index contributed by atoms with van der Waals surface area (Å²) in [5.41, 5.74) is 6.73. The molecule has 4 heteroatoms. The Morgan fingerprint density at radius 3 is 2.56 bits per heavy atom. The molecule has 3 atom stereocenters. The minimum atomic E-state index is -1.14. The van der Waals surface area contributed by atoms with Crippen molar-refractivity contribution in [3.63, 3.8) is 0 Å². The fourth-order valence-electron chi connectivity index (χ4n) is 1.81. The summed E-state index contributed by atoms with van der Waals surface area (Å²) in [6.45, 7) is 3.85. The van der Waals surface area contributed by atoms with Crippen LogP contribution in [-0.4, -0.2) is 23.2 Å². The van der Waals surface area contributed by atoms with Crippen molar-refractivity contribution in [2.75, 3.05) is 0 Å². The fraction of sp³-hybridized carbons (Fsp3) is 0.500. The van der Waals surface area contributed by atoms with Gasteiger partial charge < -0.3 is 16.2 Å². The van der Waals surface area contributed by atoms with E-state index in [2.05, 4.69) is 5.32 Å². The molecule has 18 heavy (non-hydrogen) atoms. The first kappa shape index (κ1) is 14.7. The maximum Gasteiger partial charge on any atom is 0.250 e. The highest BCUT2D eigenvalue weighted by molar-refractivity contribution is 5.81. The molecule has 0 heterocycles. The van der Waals surface area contributed by atoms with Crippen molar-refractivity contribution in [1.29, 1.82) is 0 Å². The molecule has 0 aliphatic heterocycles. The van der Waals surface area contributed by atoms with Gasteiger partial charge in [0.1, 0.15) is 6.10 Å². The third-order valence-electron chi connectivity index (χ3n) is 2.95. The van der Waals surface area contributed by atoms with Crippen LogP contribution in [0.3, 0.4) is 0 Å². The molecule has 1 amide bonds. The molecule has 4 N–H and O–H groups in total. The summed E-state index contributed by atoms with van der Waals surface area (Å²) < 4.78 is 0. The van der Waals surface area contributed by atoms with Crippen molar-refractivity contribution >= 4 is 5.91 Å². The molecule has 0 bridgehead atoms. The van der Waals surface area contributed by atoms with Gasteiger partial charge in [0, 0.05) is 6.04 Å². The zero-order valence-corrected chi connectivity index (χ0v) is 11.0. The van der Waals surface area contributed by atoms with Crippen LogP contribution in [0.4, 0.5) is 0 Å². The van der Waals surface area contributed by atoms with Gasteiger partial charge in [-0.1, -0.05) is 43.7 Å². The number of aliphatic hydroxyl groups excluding tert-OH is 1. The minimum absolute atomic E-state index is 0.137. The van der Waals surface area contributed by atoms with Crippen LogP contribution in [0.5, 0.6) is 0 Å². The smallest absolute Gasteiger partial charge is 0.250 e. The van der Waals surface area contributed by atoms with Gasteiger partial charge in [-0.05, 0) is 18.9 Å². The first-order chi connectivity index (χ1) is 8.56. The van der Waals surface area contributed by atoms with Gasteiger partial charge in [0.15, 0.2) is 0 Å². The third-order valence-corrected chi connectivity index (χ3v) is 2.95. The highest BCUT2D eigenvalue weighted by Gasteiger charge is 2.23. The van der Waals surface area contributed by atoms with Crippen LogP contribution < -0.4 is 11.1 Å². The lowest BCUT2D eigenvalue weighted by molar-refractivity contribution is -0.131. The Bertz CT molecular complexity index is 367. The first-order valence-electron chi connectivity index (χ1n) is 6.35. The summed E-state index contributed by atoms with van der Waals surface area (Å²) in [6.07, 6.45) is 0.338. The number of hydrogen-bond donors (Lipinski definition) is 3. The molecule has 2 unspecified atom stereocenters. The number of hydrogen-bond acceptors (Lipinski definition) is 3. The van der Waals surface area contributed by atoms with E-state index in [0.29, 0.717) is 6.42 Å². The lowest BCUT2D eigenvalue weighted by Crippen LogP contribution is -2.46. The number of benzene rings is 1. The monoisotopic (exact) mass is 250 g/mol. The number of amides is 1. The van der Waals surface area contributed by atoms with E-state index in [1.165, 1.54) is 0 Å². The number of nitrogens with two attached hydrogens (primary N) is 1. The molecule has 0 fully saturated rings. The Hall–Kier alpha value is -1.39. The Balaban J connectivity index is 2.54. The van der Waals surface area contributed by atoms with Crippen molar-refractivity contribution in [3.05, 3.63) is 35.9 Å². The molecule has 4 nitrogen and oxygen atoms in total. The lowest BCUT2D eigenvalue weighted by Gasteiger charge is -2.21. The number of aliphatic hydroxyl groups is 1. The molecule has 1 aromatic rings. The number of nitrogens with one attached hydrogen (secondary N) is 1. The largest absolute Gasteiger partial charge is 0.382 e. The number of rotatable bonds is 6. The first-order valence-corrected chi connectivity index (χ1v) is 6.35. The zero-order valence-electron chi connectivity index (χ0n) is 11.0. The molecule has 0 aliphatic rings. The fourth-order valence-corrected chi connectivity index (χ4v) is 1.81. The molecule has 100 valence electrons. The molecule has 0 saturated carbocycles. The van der Waals surface area contributed by atoms with Gasteiger partial charge in [0.05, 0.1) is 6.04 Å². The number of carbonyl (C=O) groups is 1. The summed E-state index contributed by atoms with van der Waals surface area (Å²) in [5, 5.41) is 12.5. The van der Waals surface area contributed by atoms with Crippen LogP contribution in [0.1, 0.15) is 38.3 Å². The van der Waals surface area contributed by atoms with Crippen LogP contribution in [0, 0.1) is 0 Å². The normalized spacial score (nSPS) is 15.8. The van der Waals surface area contributed by atoms with E-state index in [1.807, 2.05) is 44.2 Å². The minimum Gasteiger partial charge on any atom is -0.382 e. The average Bonchev–Trinajstić information content (AvgIpc) is 2.39. The van der Waals surface area contributed by atoms with Crippen LogP contribution in [0.2, 0.25) is 0 Å². The lowest BCUT2D eigenvalue weighted by atomic mass is 10.0.